The Morgan fingerprint density at radius 2 is 0.600 bits per heavy atom. The first-order valence-corrected chi connectivity index (χ1v) is 27.1. The highest BCUT2D eigenvalue weighted by Gasteiger charge is 2.19. The van der Waals surface area contributed by atoms with Crippen molar-refractivity contribution in [2.75, 3.05) is 13.2 Å². The van der Waals surface area contributed by atoms with Crippen LogP contribution in [0.1, 0.15) is 252 Å². The summed E-state index contributed by atoms with van der Waals surface area (Å²) in [6.45, 7) is 6.44. The predicted octanol–water partition coefficient (Wildman–Crippen LogP) is 18.0. The Hall–Kier alpha value is -3.41. The van der Waals surface area contributed by atoms with E-state index in [1.807, 2.05) is 0 Å². The van der Waals surface area contributed by atoms with E-state index in [1.54, 1.807) is 0 Å². The summed E-state index contributed by atoms with van der Waals surface area (Å²) in [6, 6.07) is 0. The highest BCUT2D eigenvalue weighted by atomic mass is 16.6. The Labute approximate surface area is 401 Å². The van der Waals surface area contributed by atoms with Gasteiger partial charge in [-0.1, -0.05) is 202 Å². The van der Waals surface area contributed by atoms with Crippen molar-refractivity contribution in [2.24, 2.45) is 0 Å². The lowest BCUT2D eigenvalue weighted by molar-refractivity contribution is -0.167. The molecule has 0 fully saturated rings. The SMILES string of the molecule is CC/C=C/C/C=C/C/C=C/CCCCCCCC(=O)O[C@H](COC(=O)CCCCCCC/C=C/C/C=C/CCCCC)COC(=O)CCCCCCCCC/C=C/C/C=C/CCCCC. The minimum Gasteiger partial charge on any atom is -0.462 e. The molecule has 0 heterocycles. The Balaban J connectivity index is 4.45. The minimum absolute atomic E-state index is 0.0928. The van der Waals surface area contributed by atoms with Gasteiger partial charge in [-0.2, -0.15) is 0 Å². The summed E-state index contributed by atoms with van der Waals surface area (Å²) in [5.74, 6) is -0.929. The number of rotatable bonds is 48. The van der Waals surface area contributed by atoms with E-state index in [-0.39, 0.29) is 31.1 Å². The molecule has 0 unspecified atom stereocenters. The average molecular weight is 905 g/mol. The fraction of sp³-hybridized carbons (Fsp3) is 0.712. The second-order valence-corrected chi connectivity index (χ2v) is 17.7. The van der Waals surface area contributed by atoms with E-state index in [0.717, 1.165) is 135 Å². The number of allylic oxidation sites excluding steroid dienone is 14. The molecule has 0 saturated heterocycles. The third kappa shape index (κ3) is 51.4. The summed E-state index contributed by atoms with van der Waals surface area (Å²) >= 11 is 0. The second-order valence-electron chi connectivity index (χ2n) is 17.7. The van der Waals surface area contributed by atoms with Gasteiger partial charge in [0.15, 0.2) is 6.10 Å². The third-order valence-electron chi connectivity index (χ3n) is 11.4. The zero-order valence-corrected chi connectivity index (χ0v) is 42.5. The van der Waals surface area contributed by atoms with Crippen molar-refractivity contribution < 1.29 is 28.6 Å². The molecule has 0 aliphatic rings. The Morgan fingerprint density at radius 3 is 0.938 bits per heavy atom. The molecular weight excluding hydrogens is 805 g/mol. The van der Waals surface area contributed by atoms with Crippen LogP contribution in [0, 0.1) is 0 Å². The van der Waals surface area contributed by atoms with Gasteiger partial charge in [-0.05, 0) is 116 Å². The Kier molecular flexibility index (Phi) is 50.4. The van der Waals surface area contributed by atoms with Gasteiger partial charge in [-0.15, -0.1) is 0 Å². The molecule has 0 bridgehead atoms. The highest BCUT2D eigenvalue weighted by molar-refractivity contribution is 5.71. The van der Waals surface area contributed by atoms with Gasteiger partial charge in [0.25, 0.3) is 0 Å². The summed E-state index contributed by atoms with van der Waals surface area (Å²) < 4.78 is 16.8. The Bertz CT molecular complexity index is 1270. The van der Waals surface area contributed by atoms with E-state index in [2.05, 4.69) is 106 Å². The molecule has 0 aliphatic carbocycles. The number of hydrogen-bond donors (Lipinski definition) is 0. The first-order valence-electron chi connectivity index (χ1n) is 27.1. The molecule has 0 aliphatic heterocycles. The molecular formula is C59H100O6. The fourth-order valence-electron chi connectivity index (χ4n) is 7.28. The van der Waals surface area contributed by atoms with Crippen molar-refractivity contribution in [3.63, 3.8) is 0 Å². The van der Waals surface area contributed by atoms with Crippen LogP contribution in [0.5, 0.6) is 0 Å². The van der Waals surface area contributed by atoms with E-state index in [4.69, 9.17) is 14.2 Å². The zero-order valence-electron chi connectivity index (χ0n) is 42.5. The van der Waals surface area contributed by atoms with Crippen molar-refractivity contribution in [1.82, 2.24) is 0 Å². The lowest BCUT2D eigenvalue weighted by Gasteiger charge is -2.18. The normalized spacial score (nSPS) is 12.7. The Morgan fingerprint density at radius 1 is 0.323 bits per heavy atom. The number of ether oxygens (including phenoxy) is 3. The maximum atomic E-state index is 12.8. The molecule has 0 aromatic heterocycles. The topological polar surface area (TPSA) is 78.9 Å². The molecule has 372 valence electrons. The van der Waals surface area contributed by atoms with Crippen molar-refractivity contribution >= 4 is 17.9 Å². The number of hydrogen-bond acceptors (Lipinski definition) is 6. The number of unbranched alkanes of at least 4 members (excludes halogenated alkanes) is 23. The van der Waals surface area contributed by atoms with Gasteiger partial charge in [-0.3, -0.25) is 14.4 Å². The molecule has 0 saturated carbocycles. The van der Waals surface area contributed by atoms with Crippen LogP contribution in [-0.2, 0) is 28.6 Å². The highest BCUT2D eigenvalue weighted by Crippen LogP contribution is 2.14. The molecule has 6 nitrogen and oxygen atoms in total. The summed E-state index contributed by atoms with van der Waals surface area (Å²) in [4.78, 5) is 38.1. The molecule has 0 radical (unpaired) electrons. The van der Waals surface area contributed by atoms with Crippen LogP contribution in [0.15, 0.2) is 85.1 Å². The van der Waals surface area contributed by atoms with Crippen molar-refractivity contribution in [3.8, 4) is 0 Å². The van der Waals surface area contributed by atoms with Crippen LogP contribution in [0.3, 0.4) is 0 Å². The monoisotopic (exact) mass is 905 g/mol. The van der Waals surface area contributed by atoms with E-state index in [9.17, 15) is 14.4 Å². The quantitative estimate of drug-likeness (QED) is 0.0262. The summed E-state index contributed by atoms with van der Waals surface area (Å²) in [6.07, 6.45) is 68.4. The smallest absolute Gasteiger partial charge is 0.306 e. The van der Waals surface area contributed by atoms with Crippen LogP contribution in [0.4, 0.5) is 0 Å². The van der Waals surface area contributed by atoms with E-state index < -0.39 is 6.10 Å². The van der Waals surface area contributed by atoms with Gasteiger partial charge in [-0.25, -0.2) is 0 Å². The van der Waals surface area contributed by atoms with Gasteiger partial charge in [0.1, 0.15) is 13.2 Å². The van der Waals surface area contributed by atoms with E-state index >= 15 is 0 Å². The maximum Gasteiger partial charge on any atom is 0.306 e. The maximum absolute atomic E-state index is 12.8. The summed E-state index contributed by atoms with van der Waals surface area (Å²) in [7, 11) is 0. The van der Waals surface area contributed by atoms with Crippen LogP contribution >= 0.6 is 0 Å². The molecule has 0 aromatic carbocycles. The molecule has 0 aromatic rings. The third-order valence-corrected chi connectivity index (χ3v) is 11.4. The number of carbonyl (C=O) groups is 3. The zero-order chi connectivity index (χ0) is 47.2. The molecule has 0 N–H and O–H groups in total. The first kappa shape index (κ1) is 61.6. The summed E-state index contributed by atoms with van der Waals surface area (Å²) in [5, 5.41) is 0. The van der Waals surface area contributed by atoms with Gasteiger partial charge >= 0.3 is 17.9 Å². The lowest BCUT2D eigenvalue weighted by Crippen LogP contribution is -2.30. The van der Waals surface area contributed by atoms with Gasteiger partial charge in [0.2, 0.25) is 0 Å². The standard InChI is InChI=1S/C59H100O6/c1-4-7-10-13-16-19-22-25-28-29-32-34-37-40-43-46-49-52-58(61)64-55-56(65-59(62)53-50-47-44-41-38-35-31-27-24-21-18-15-12-9-6-3)54-63-57(60)51-48-45-42-39-36-33-30-26-23-20-17-14-11-8-5-2/h9,12,16-21,25-28,30-31,56H,4-8,10-11,13-15,22-24,29,32-55H2,1-3H3/b12-9+,19-16+,20-17+,21-18+,28-25+,30-26+,31-27+/t56-/m1/s1. The van der Waals surface area contributed by atoms with Crippen LogP contribution in [-0.4, -0.2) is 37.2 Å². The molecule has 0 amide bonds. The van der Waals surface area contributed by atoms with Gasteiger partial charge in [0, 0.05) is 19.3 Å². The molecule has 65 heavy (non-hydrogen) atoms. The van der Waals surface area contributed by atoms with Crippen LogP contribution in [0.25, 0.3) is 0 Å². The largest absolute Gasteiger partial charge is 0.462 e. The number of carbonyl (C=O) groups excluding carboxylic acids is 3. The summed E-state index contributed by atoms with van der Waals surface area (Å²) in [5.41, 5.74) is 0. The molecule has 0 spiro atoms. The predicted molar refractivity (Wildman–Crippen MR) is 279 cm³/mol. The van der Waals surface area contributed by atoms with Crippen LogP contribution < -0.4 is 0 Å². The lowest BCUT2D eigenvalue weighted by atomic mass is 10.1. The second kappa shape index (κ2) is 53.2. The minimum atomic E-state index is -0.795. The van der Waals surface area contributed by atoms with Gasteiger partial charge < -0.3 is 14.2 Å². The average Bonchev–Trinajstić information content (AvgIpc) is 3.30. The van der Waals surface area contributed by atoms with Crippen LogP contribution in [0.2, 0.25) is 0 Å². The molecule has 6 heteroatoms. The fourth-order valence-corrected chi connectivity index (χ4v) is 7.28. The molecule has 0 rings (SSSR count). The van der Waals surface area contributed by atoms with E-state index in [0.29, 0.717) is 19.3 Å². The van der Waals surface area contributed by atoms with Gasteiger partial charge in [0.05, 0.1) is 0 Å². The van der Waals surface area contributed by atoms with Crippen molar-refractivity contribution in [1.29, 1.82) is 0 Å². The molecule has 1 atom stereocenters. The van der Waals surface area contributed by atoms with Crippen molar-refractivity contribution in [3.05, 3.63) is 85.1 Å². The first-order chi connectivity index (χ1) is 32.0. The number of esters is 3. The van der Waals surface area contributed by atoms with Crippen molar-refractivity contribution in [2.45, 2.75) is 258 Å². The van der Waals surface area contributed by atoms with E-state index in [1.165, 1.54) is 77.0 Å².